The average Bonchev–Trinajstić information content (AvgIpc) is 2.25. The maximum absolute atomic E-state index is 11.3. The Morgan fingerprint density at radius 3 is 2.58 bits per heavy atom. The molecule has 0 saturated heterocycles. The van der Waals surface area contributed by atoms with Gasteiger partial charge in [0.1, 0.15) is 0 Å². The van der Waals surface area contributed by atoms with Crippen molar-refractivity contribution in [3.63, 3.8) is 0 Å². The lowest BCUT2D eigenvalue weighted by Gasteiger charge is -2.10. The van der Waals surface area contributed by atoms with Crippen molar-refractivity contribution in [3.05, 3.63) is 35.4 Å². The van der Waals surface area contributed by atoms with E-state index < -0.39 is 4.33 Å². The zero-order valence-corrected chi connectivity index (χ0v) is 7.69. The Bertz CT molecular complexity index is 344. The zero-order valence-electron chi connectivity index (χ0n) is 6.18. The van der Waals surface area contributed by atoms with Crippen LogP contribution in [0.3, 0.4) is 0 Å². The van der Waals surface area contributed by atoms with Crippen molar-refractivity contribution >= 4 is 29.0 Å². The van der Waals surface area contributed by atoms with Crippen LogP contribution in [-0.2, 0) is 4.33 Å². The fourth-order valence-electron chi connectivity index (χ4n) is 1.44. The Balaban J connectivity index is 2.66. The molecule has 0 saturated carbocycles. The van der Waals surface area contributed by atoms with Crippen LogP contribution in [0, 0.1) is 0 Å². The molecular weight excluding hydrogens is 195 g/mol. The highest BCUT2D eigenvalue weighted by Gasteiger charge is 2.39. The molecule has 0 heterocycles. The lowest BCUT2D eigenvalue weighted by atomic mass is 10.1. The zero-order chi connectivity index (χ0) is 8.77. The van der Waals surface area contributed by atoms with Gasteiger partial charge >= 0.3 is 0 Å². The van der Waals surface area contributed by atoms with Crippen molar-refractivity contribution in [1.29, 1.82) is 0 Å². The van der Waals surface area contributed by atoms with E-state index in [0.717, 1.165) is 5.56 Å². The van der Waals surface area contributed by atoms with Gasteiger partial charge in [0.05, 0.1) is 0 Å². The number of fused-ring (bicyclic) bond motifs is 1. The Kier molecular flexibility index (Phi) is 1.67. The second kappa shape index (κ2) is 2.48. The summed E-state index contributed by atoms with van der Waals surface area (Å²) in [5.41, 5.74) is 1.39. The summed E-state index contributed by atoms with van der Waals surface area (Å²) in [6.45, 7) is 0. The molecule has 0 amide bonds. The highest BCUT2D eigenvalue weighted by atomic mass is 35.5. The highest BCUT2D eigenvalue weighted by molar-refractivity contribution is 6.50. The quantitative estimate of drug-likeness (QED) is 0.589. The summed E-state index contributed by atoms with van der Waals surface area (Å²) in [5.74, 6) is 0.0237. The molecule has 1 nitrogen and oxygen atoms in total. The number of carbonyl (C=O) groups is 1. The van der Waals surface area contributed by atoms with E-state index in [4.69, 9.17) is 23.2 Å². The van der Waals surface area contributed by atoms with Crippen molar-refractivity contribution in [1.82, 2.24) is 0 Å². The summed E-state index contributed by atoms with van der Waals surface area (Å²) in [6, 6.07) is 7.19. The molecule has 1 aromatic carbocycles. The molecule has 0 aromatic heterocycles. The lowest BCUT2D eigenvalue weighted by Crippen LogP contribution is -2.04. The van der Waals surface area contributed by atoms with Crippen LogP contribution >= 0.6 is 23.2 Å². The highest BCUT2D eigenvalue weighted by Crippen LogP contribution is 2.45. The minimum Gasteiger partial charge on any atom is -0.294 e. The predicted octanol–water partition coefficient (Wildman–Crippen LogP) is 2.90. The van der Waals surface area contributed by atoms with Crippen molar-refractivity contribution in [2.45, 2.75) is 10.8 Å². The minimum atomic E-state index is -1.01. The Morgan fingerprint density at radius 1 is 1.25 bits per heavy atom. The summed E-state index contributed by atoms with van der Waals surface area (Å²) >= 11 is 11.9. The van der Waals surface area contributed by atoms with Gasteiger partial charge in [-0.2, -0.15) is 0 Å². The smallest absolute Gasteiger partial charge is 0.166 e. The molecule has 0 bridgehead atoms. The van der Waals surface area contributed by atoms with Gasteiger partial charge in [0.2, 0.25) is 0 Å². The minimum absolute atomic E-state index is 0.0237. The monoisotopic (exact) mass is 200 g/mol. The van der Waals surface area contributed by atoms with Gasteiger partial charge in [-0.25, -0.2) is 0 Å². The number of carbonyl (C=O) groups excluding carboxylic acids is 1. The number of alkyl halides is 2. The third-order valence-electron chi connectivity index (χ3n) is 2.00. The standard InChI is InChI=1S/C9H6Cl2O/c10-9(11)5-8(12)6-3-1-2-4-7(6)9/h1-4H,5H2. The van der Waals surface area contributed by atoms with E-state index in [1.165, 1.54) is 0 Å². The Hall–Kier alpha value is -0.530. The molecule has 1 aliphatic rings. The molecule has 0 atom stereocenters. The van der Waals surface area contributed by atoms with Crippen LogP contribution in [0.15, 0.2) is 24.3 Å². The largest absolute Gasteiger partial charge is 0.294 e. The van der Waals surface area contributed by atoms with Crippen LogP contribution in [0.25, 0.3) is 0 Å². The van der Waals surface area contributed by atoms with Gasteiger partial charge in [-0.05, 0) is 5.56 Å². The molecule has 1 aliphatic carbocycles. The van der Waals surface area contributed by atoms with Crippen LogP contribution in [0.5, 0.6) is 0 Å². The van der Waals surface area contributed by atoms with E-state index in [9.17, 15) is 4.79 Å². The molecule has 0 radical (unpaired) electrons. The van der Waals surface area contributed by atoms with E-state index in [2.05, 4.69) is 0 Å². The van der Waals surface area contributed by atoms with Gasteiger partial charge in [-0.1, -0.05) is 47.5 Å². The number of benzene rings is 1. The van der Waals surface area contributed by atoms with Crippen molar-refractivity contribution in [2.75, 3.05) is 0 Å². The first-order valence-electron chi connectivity index (χ1n) is 3.62. The normalized spacial score (nSPS) is 19.3. The molecule has 3 heteroatoms. The van der Waals surface area contributed by atoms with Gasteiger partial charge in [0, 0.05) is 12.0 Å². The van der Waals surface area contributed by atoms with Crippen molar-refractivity contribution in [2.24, 2.45) is 0 Å². The Labute approximate surface area is 80.3 Å². The molecule has 0 fully saturated rings. The van der Waals surface area contributed by atoms with Crippen LogP contribution in [0.2, 0.25) is 0 Å². The number of hydrogen-bond donors (Lipinski definition) is 0. The maximum Gasteiger partial charge on any atom is 0.166 e. The van der Waals surface area contributed by atoms with Crippen LogP contribution in [0.1, 0.15) is 22.3 Å². The molecule has 12 heavy (non-hydrogen) atoms. The van der Waals surface area contributed by atoms with Crippen molar-refractivity contribution < 1.29 is 4.79 Å². The molecule has 0 unspecified atom stereocenters. The number of ketones is 1. The SMILES string of the molecule is O=C1CC(Cl)(Cl)c2ccccc21. The fourth-order valence-corrected chi connectivity index (χ4v) is 2.01. The molecular formula is C9H6Cl2O. The number of hydrogen-bond acceptors (Lipinski definition) is 1. The summed E-state index contributed by atoms with van der Waals surface area (Å²) in [5, 5.41) is 0. The van der Waals surface area contributed by atoms with Crippen LogP contribution in [0.4, 0.5) is 0 Å². The Morgan fingerprint density at radius 2 is 1.92 bits per heavy atom. The number of halogens is 2. The van der Waals surface area contributed by atoms with Crippen LogP contribution in [-0.4, -0.2) is 5.78 Å². The second-order valence-corrected chi connectivity index (χ2v) is 4.33. The average molecular weight is 201 g/mol. The molecule has 0 spiro atoms. The van der Waals surface area contributed by atoms with E-state index in [-0.39, 0.29) is 12.2 Å². The van der Waals surface area contributed by atoms with E-state index in [1.54, 1.807) is 12.1 Å². The van der Waals surface area contributed by atoms with E-state index in [0.29, 0.717) is 5.56 Å². The third kappa shape index (κ3) is 1.05. The first kappa shape index (κ1) is 8.09. The topological polar surface area (TPSA) is 17.1 Å². The first-order chi connectivity index (χ1) is 5.61. The molecule has 62 valence electrons. The first-order valence-corrected chi connectivity index (χ1v) is 4.37. The molecule has 0 N–H and O–H groups in total. The van der Waals surface area contributed by atoms with Gasteiger partial charge < -0.3 is 0 Å². The molecule has 1 aromatic rings. The van der Waals surface area contributed by atoms with Gasteiger partial charge in [-0.15, -0.1) is 0 Å². The maximum atomic E-state index is 11.3. The second-order valence-electron chi connectivity index (χ2n) is 2.85. The number of Topliss-reactive ketones (excluding diaryl/α,β-unsaturated/α-hetero) is 1. The van der Waals surface area contributed by atoms with Gasteiger partial charge in [0.15, 0.2) is 10.1 Å². The fraction of sp³-hybridized carbons (Fsp3) is 0.222. The van der Waals surface area contributed by atoms with Crippen molar-refractivity contribution in [3.8, 4) is 0 Å². The summed E-state index contributed by atoms with van der Waals surface area (Å²) in [4.78, 5) is 11.3. The lowest BCUT2D eigenvalue weighted by molar-refractivity contribution is 0.0991. The summed E-state index contributed by atoms with van der Waals surface area (Å²) in [7, 11) is 0. The molecule has 2 rings (SSSR count). The third-order valence-corrected chi connectivity index (χ3v) is 2.68. The van der Waals surface area contributed by atoms with E-state index >= 15 is 0 Å². The molecule has 0 aliphatic heterocycles. The summed E-state index contributed by atoms with van der Waals surface area (Å²) in [6.07, 6.45) is 0.190. The van der Waals surface area contributed by atoms with Crippen LogP contribution < -0.4 is 0 Å². The summed E-state index contributed by atoms with van der Waals surface area (Å²) < 4.78 is -1.01. The van der Waals surface area contributed by atoms with Gasteiger partial charge in [-0.3, -0.25) is 4.79 Å². The predicted molar refractivity (Wildman–Crippen MR) is 48.8 cm³/mol. The van der Waals surface area contributed by atoms with Gasteiger partial charge in [0.25, 0.3) is 0 Å². The van der Waals surface area contributed by atoms with E-state index in [1.807, 2.05) is 12.1 Å². The number of rotatable bonds is 0.